The molecule has 2 aromatic carbocycles. The molecule has 2 unspecified atom stereocenters. The predicted octanol–water partition coefficient (Wildman–Crippen LogP) is 2.89. The SMILES string of the molecule is O=C(Nc1ccc(F)cc1)C1CC1C(=O)N1CCN(c2ccccc2F)CC1. The van der Waals surface area contributed by atoms with Gasteiger partial charge in [0.05, 0.1) is 17.5 Å². The number of anilines is 2. The molecule has 0 bridgehead atoms. The van der Waals surface area contributed by atoms with Crippen molar-refractivity contribution in [1.82, 2.24) is 4.90 Å². The number of halogens is 2. The summed E-state index contributed by atoms with van der Waals surface area (Å²) in [6.07, 6.45) is 0.527. The van der Waals surface area contributed by atoms with E-state index in [0.29, 0.717) is 44.0 Å². The Morgan fingerprint density at radius 3 is 2.25 bits per heavy atom. The third-order valence-electron chi connectivity index (χ3n) is 5.34. The molecule has 0 radical (unpaired) electrons. The summed E-state index contributed by atoms with van der Waals surface area (Å²) < 4.78 is 26.9. The minimum absolute atomic E-state index is 0.0209. The molecule has 0 aromatic heterocycles. The fourth-order valence-corrected chi connectivity index (χ4v) is 3.64. The van der Waals surface area contributed by atoms with Crippen LogP contribution < -0.4 is 10.2 Å². The molecular weight excluding hydrogens is 364 g/mol. The molecule has 4 rings (SSSR count). The summed E-state index contributed by atoms with van der Waals surface area (Å²) in [5, 5.41) is 2.73. The summed E-state index contributed by atoms with van der Waals surface area (Å²) in [5.74, 6) is -1.51. The molecule has 1 heterocycles. The number of para-hydroxylation sites is 1. The second kappa shape index (κ2) is 7.58. The van der Waals surface area contributed by atoms with Crippen LogP contribution in [0.5, 0.6) is 0 Å². The lowest BCUT2D eigenvalue weighted by Gasteiger charge is -2.36. The maximum absolute atomic E-state index is 13.9. The smallest absolute Gasteiger partial charge is 0.228 e. The first-order valence-electron chi connectivity index (χ1n) is 9.37. The van der Waals surface area contributed by atoms with Gasteiger partial charge in [-0.25, -0.2) is 8.78 Å². The molecular formula is C21H21F2N3O2. The molecule has 28 heavy (non-hydrogen) atoms. The van der Waals surface area contributed by atoms with Crippen molar-refractivity contribution in [2.75, 3.05) is 36.4 Å². The van der Waals surface area contributed by atoms with E-state index in [4.69, 9.17) is 0 Å². The number of hydrogen-bond donors (Lipinski definition) is 1. The summed E-state index contributed by atoms with van der Waals surface area (Å²) in [5.41, 5.74) is 1.07. The highest BCUT2D eigenvalue weighted by Crippen LogP contribution is 2.41. The van der Waals surface area contributed by atoms with E-state index in [1.807, 2.05) is 4.90 Å². The quantitative estimate of drug-likeness (QED) is 0.881. The fourth-order valence-electron chi connectivity index (χ4n) is 3.64. The minimum Gasteiger partial charge on any atom is -0.366 e. The molecule has 146 valence electrons. The topological polar surface area (TPSA) is 52.7 Å². The van der Waals surface area contributed by atoms with Gasteiger partial charge in [-0.05, 0) is 42.8 Å². The zero-order valence-corrected chi connectivity index (χ0v) is 15.3. The van der Waals surface area contributed by atoms with Gasteiger partial charge in [-0.1, -0.05) is 12.1 Å². The maximum atomic E-state index is 13.9. The lowest BCUT2D eigenvalue weighted by atomic mass is 10.2. The molecule has 1 aliphatic carbocycles. The Hall–Kier alpha value is -2.96. The number of amides is 2. The zero-order valence-electron chi connectivity index (χ0n) is 15.3. The van der Waals surface area contributed by atoms with Crippen LogP contribution in [-0.2, 0) is 9.59 Å². The van der Waals surface area contributed by atoms with Crippen LogP contribution in [0.2, 0.25) is 0 Å². The molecule has 2 atom stereocenters. The van der Waals surface area contributed by atoms with Gasteiger partial charge in [0.15, 0.2) is 0 Å². The van der Waals surface area contributed by atoms with Crippen LogP contribution in [0.4, 0.5) is 20.2 Å². The van der Waals surface area contributed by atoms with Gasteiger partial charge in [0.25, 0.3) is 0 Å². The molecule has 5 nitrogen and oxygen atoms in total. The van der Waals surface area contributed by atoms with Gasteiger partial charge < -0.3 is 15.1 Å². The molecule has 1 N–H and O–H groups in total. The van der Waals surface area contributed by atoms with Crippen LogP contribution in [0.25, 0.3) is 0 Å². The number of benzene rings is 2. The number of nitrogens with one attached hydrogen (secondary N) is 1. The largest absolute Gasteiger partial charge is 0.366 e. The van der Waals surface area contributed by atoms with E-state index in [1.54, 1.807) is 23.1 Å². The first-order valence-corrected chi connectivity index (χ1v) is 9.37. The van der Waals surface area contributed by atoms with Crippen molar-refractivity contribution in [3.63, 3.8) is 0 Å². The molecule has 2 aliphatic rings. The Balaban J connectivity index is 1.29. The van der Waals surface area contributed by atoms with Gasteiger partial charge in [-0.15, -0.1) is 0 Å². The van der Waals surface area contributed by atoms with Crippen LogP contribution in [-0.4, -0.2) is 42.9 Å². The van der Waals surface area contributed by atoms with Crippen LogP contribution in [0.3, 0.4) is 0 Å². The van der Waals surface area contributed by atoms with Crippen molar-refractivity contribution in [1.29, 1.82) is 0 Å². The number of carbonyl (C=O) groups excluding carboxylic acids is 2. The van der Waals surface area contributed by atoms with Crippen LogP contribution in [0, 0.1) is 23.5 Å². The number of carbonyl (C=O) groups is 2. The van der Waals surface area contributed by atoms with Crippen LogP contribution >= 0.6 is 0 Å². The highest BCUT2D eigenvalue weighted by atomic mass is 19.1. The van der Waals surface area contributed by atoms with E-state index in [2.05, 4.69) is 5.32 Å². The highest BCUT2D eigenvalue weighted by Gasteiger charge is 2.49. The Bertz CT molecular complexity index is 879. The van der Waals surface area contributed by atoms with Gasteiger partial charge in [0, 0.05) is 31.9 Å². The Morgan fingerprint density at radius 2 is 1.57 bits per heavy atom. The van der Waals surface area contributed by atoms with Crippen molar-refractivity contribution in [3.05, 3.63) is 60.2 Å². The standard InChI is InChI=1S/C21H21F2N3O2/c22-14-5-7-15(8-6-14)24-20(27)16-13-17(16)21(28)26-11-9-25(10-12-26)19-4-2-1-3-18(19)23/h1-8,16-17H,9-13H2,(H,24,27). The monoisotopic (exact) mass is 385 g/mol. The predicted molar refractivity (Wildman–Crippen MR) is 102 cm³/mol. The zero-order chi connectivity index (χ0) is 19.7. The molecule has 2 aromatic rings. The minimum atomic E-state index is -0.369. The first-order chi connectivity index (χ1) is 13.5. The molecule has 0 spiro atoms. The summed E-state index contributed by atoms with van der Waals surface area (Å²) in [6, 6.07) is 12.2. The molecule has 1 saturated heterocycles. The summed E-state index contributed by atoms with van der Waals surface area (Å²) in [4.78, 5) is 28.7. The normalized spacial score (nSPS) is 21.4. The van der Waals surface area contributed by atoms with Crippen LogP contribution in [0.1, 0.15) is 6.42 Å². The van der Waals surface area contributed by atoms with E-state index in [-0.39, 0.29) is 35.3 Å². The van der Waals surface area contributed by atoms with Crippen molar-refractivity contribution < 1.29 is 18.4 Å². The van der Waals surface area contributed by atoms with Crippen molar-refractivity contribution in [2.24, 2.45) is 11.8 Å². The summed E-state index contributed by atoms with van der Waals surface area (Å²) in [6.45, 7) is 2.14. The second-order valence-electron chi connectivity index (χ2n) is 7.21. The Labute approximate surface area is 161 Å². The number of piperazine rings is 1. The number of hydrogen-bond acceptors (Lipinski definition) is 3. The molecule has 1 saturated carbocycles. The van der Waals surface area contributed by atoms with Crippen molar-refractivity contribution in [3.8, 4) is 0 Å². The van der Waals surface area contributed by atoms with Crippen molar-refractivity contribution in [2.45, 2.75) is 6.42 Å². The van der Waals surface area contributed by atoms with Gasteiger partial charge in [-0.2, -0.15) is 0 Å². The van der Waals surface area contributed by atoms with E-state index in [9.17, 15) is 18.4 Å². The summed E-state index contributed by atoms with van der Waals surface area (Å²) >= 11 is 0. The third kappa shape index (κ3) is 3.83. The van der Waals surface area contributed by atoms with E-state index in [1.165, 1.54) is 30.3 Å². The third-order valence-corrected chi connectivity index (χ3v) is 5.34. The molecule has 2 fully saturated rings. The van der Waals surface area contributed by atoms with E-state index >= 15 is 0 Å². The van der Waals surface area contributed by atoms with E-state index in [0.717, 1.165) is 0 Å². The number of rotatable bonds is 4. The molecule has 2 amide bonds. The fraction of sp³-hybridized carbons (Fsp3) is 0.333. The second-order valence-corrected chi connectivity index (χ2v) is 7.21. The van der Waals surface area contributed by atoms with Gasteiger partial charge >= 0.3 is 0 Å². The summed E-state index contributed by atoms with van der Waals surface area (Å²) in [7, 11) is 0. The van der Waals surface area contributed by atoms with Gasteiger partial charge in [-0.3, -0.25) is 9.59 Å². The van der Waals surface area contributed by atoms with Gasteiger partial charge in [0.1, 0.15) is 11.6 Å². The van der Waals surface area contributed by atoms with Crippen LogP contribution in [0.15, 0.2) is 48.5 Å². The highest BCUT2D eigenvalue weighted by molar-refractivity contribution is 5.99. The molecule has 7 heteroatoms. The average Bonchev–Trinajstić information content (AvgIpc) is 3.51. The van der Waals surface area contributed by atoms with Gasteiger partial charge in [0.2, 0.25) is 11.8 Å². The first kappa shape index (κ1) is 18.4. The van der Waals surface area contributed by atoms with Crippen molar-refractivity contribution >= 4 is 23.2 Å². The lowest BCUT2D eigenvalue weighted by molar-refractivity contribution is -0.134. The number of nitrogens with zero attached hydrogens (tertiary/aromatic N) is 2. The Kier molecular flexibility index (Phi) is 4.98. The maximum Gasteiger partial charge on any atom is 0.228 e. The average molecular weight is 385 g/mol. The molecule has 1 aliphatic heterocycles. The lowest BCUT2D eigenvalue weighted by Crippen LogP contribution is -2.49. The Morgan fingerprint density at radius 1 is 0.893 bits per heavy atom. The van der Waals surface area contributed by atoms with E-state index < -0.39 is 0 Å².